The number of likely N-dealkylation sites (tertiary alicyclic amines) is 1. The van der Waals surface area contributed by atoms with Gasteiger partial charge in [0.1, 0.15) is 5.75 Å². The first-order valence-electron chi connectivity index (χ1n) is 9.85. The predicted octanol–water partition coefficient (Wildman–Crippen LogP) is 3.07. The van der Waals surface area contributed by atoms with E-state index in [-0.39, 0.29) is 0 Å². The molecule has 1 unspecified atom stereocenters. The Morgan fingerprint density at radius 3 is 2.84 bits per heavy atom. The van der Waals surface area contributed by atoms with E-state index in [9.17, 15) is 0 Å². The Labute approximate surface area is 151 Å². The molecule has 1 atom stereocenters. The molecule has 4 heteroatoms. The fourth-order valence-corrected chi connectivity index (χ4v) is 4.93. The molecule has 2 aliphatic heterocycles. The van der Waals surface area contributed by atoms with Crippen molar-refractivity contribution in [1.29, 1.82) is 0 Å². The molecule has 1 spiro atoms. The Morgan fingerprint density at radius 2 is 2.12 bits per heavy atom. The zero-order valence-electron chi connectivity index (χ0n) is 15.6. The Kier molecular flexibility index (Phi) is 5.03. The van der Waals surface area contributed by atoms with Crippen LogP contribution in [0.1, 0.15) is 37.7 Å². The van der Waals surface area contributed by atoms with E-state index in [4.69, 9.17) is 9.47 Å². The smallest absolute Gasteiger partial charge is 0.119 e. The van der Waals surface area contributed by atoms with Crippen LogP contribution in [-0.2, 0) is 11.3 Å². The average molecular weight is 344 g/mol. The third-order valence-corrected chi connectivity index (χ3v) is 6.58. The van der Waals surface area contributed by atoms with Crippen LogP contribution in [0.2, 0.25) is 0 Å². The topological polar surface area (TPSA) is 33.7 Å². The molecule has 4 rings (SSSR count). The molecule has 1 aromatic carbocycles. The molecule has 0 radical (unpaired) electrons. The average Bonchev–Trinajstić information content (AvgIpc) is 3.21. The summed E-state index contributed by atoms with van der Waals surface area (Å²) in [5.41, 5.74) is 2.12. The van der Waals surface area contributed by atoms with Gasteiger partial charge in [0.05, 0.1) is 13.2 Å². The number of methoxy groups -OCH3 is 1. The largest absolute Gasteiger partial charge is 0.493 e. The molecule has 0 amide bonds. The fraction of sp³-hybridized carbons (Fsp3) is 0.714. The lowest BCUT2D eigenvalue weighted by atomic mass is 9.69. The SMILES string of the molecule is COCc1cccc(OCC2(CN3CCC4(CCNC4)C3)CCC2)c1. The second-order valence-corrected chi connectivity index (χ2v) is 8.61. The van der Waals surface area contributed by atoms with Crippen molar-refractivity contribution in [3.8, 4) is 5.75 Å². The van der Waals surface area contributed by atoms with E-state index in [1.54, 1.807) is 7.11 Å². The third kappa shape index (κ3) is 3.86. The van der Waals surface area contributed by atoms with E-state index in [0.717, 1.165) is 12.4 Å². The summed E-state index contributed by atoms with van der Waals surface area (Å²) in [5.74, 6) is 0.985. The molecular weight excluding hydrogens is 312 g/mol. The summed E-state index contributed by atoms with van der Waals surface area (Å²) >= 11 is 0. The summed E-state index contributed by atoms with van der Waals surface area (Å²) in [6, 6.07) is 8.34. The first kappa shape index (κ1) is 17.3. The third-order valence-electron chi connectivity index (χ3n) is 6.58. The lowest BCUT2D eigenvalue weighted by Gasteiger charge is -2.44. The Balaban J connectivity index is 1.33. The zero-order valence-corrected chi connectivity index (χ0v) is 15.6. The Bertz CT molecular complexity index is 579. The highest BCUT2D eigenvalue weighted by atomic mass is 16.5. The molecule has 0 aromatic heterocycles. The predicted molar refractivity (Wildman–Crippen MR) is 99.9 cm³/mol. The summed E-state index contributed by atoms with van der Waals surface area (Å²) in [5, 5.41) is 3.57. The molecule has 3 aliphatic rings. The molecule has 4 nitrogen and oxygen atoms in total. The fourth-order valence-electron chi connectivity index (χ4n) is 4.93. The summed E-state index contributed by atoms with van der Waals surface area (Å²) in [4.78, 5) is 2.72. The van der Waals surface area contributed by atoms with Crippen LogP contribution in [-0.4, -0.2) is 51.3 Å². The molecule has 1 N–H and O–H groups in total. The van der Waals surface area contributed by atoms with Crippen molar-refractivity contribution in [3.05, 3.63) is 29.8 Å². The maximum absolute atomic E-state index is 6.23. The molecule has 3 fully saturated rings. The quantitative estimate of drug-likeness (QED) is 0.824. The number of hydrogen-bond donors (Lipinski definition) is 1. The molecule has 1 saturated carbocycles. The monoisotopic (exact) mass is 344 g/mol. The van der Waals surface area contributed by atoms with Gasteiger partial charge in [-0.15, -0.1) is 0 Å². The van der Waals surface area contributed by atoms with Gasteiger partial charge in [-0.3, -0.25) is 0 Å². The Hall–Kier alpha value is -1.10. The number of ether oxygens (including phenoxy) is 2. The van der Waals surface area contributed by atoms with Crippen LogP contribution in [0.4, 0.5) is 0 Å². The van der Waals surface area contributed by atoms with Gasteiger partial charge in [-0.2, -0.15) is 0 Å². The van der Waals surface area contributed by atoms with Gasteiger partial charge in [0.25, 0.3) is 0 Å². The van der Waals surface area contributed by atoms with Crippen molar-refractivity contribution >= 4 is 0 Å². The standard InChI is InChI=1S/C21H32N2O2/c1-24-13-18-4-2-5-19(12-18)25-17-21(6-3-7-21)16-23-11-9-20(15-23)8-10-22-14-20/h2,4-5,12,22H,3,6-11,13-17H2,1H3. The Morgan fingerprint density at radius 1 is 1.20 bits per heavy atom. The van der Waals surface area contributed by atoms with E-state index < -0.39 is 0 Å². The van der Waals surface area contributed by atoms with Crippen molar-refractivity contribution in [2.24, 2.45) is 10.8 Å². The number of nitrogens with one attached hydrogen (secondary N) is 1. The van der Waals surface area contributed by atoms with Gasteiger partial charge < -0.3 is 19.7 Å². The number of rotatable bonds is 7. The van der Waals surface area contributed by atoms with Crippen molar-refractivity contribution < 1.29 is 9.47 Å². The lowest BCUT2D eigenvalue weighted by molar-refractivity contribution is 0.0216. The summed E-state index contributed by atoms with van der Waals surface area (Å²) in [6.07, 6.45) is 6.71. The normalized spacial score (nSPS) is 28.4. The molecule has 1 aliphatic carbocycles. The van der Waals surface area contributed by atoms with Crippen LogP contribution >= 0.6 is 0 Å². The summed E-state index contributed by atoms with van der Waals surface area (Å²) in [6.45, 7) is 7.70. The molecule has 0 bridgehead atoms. The van der Waals surface area contributed by atoms with Gasteiger partial charge in [0, 0.05) is 32.2 Å². The van der Waals surface area contributed by atoms with Crippen molar-refractivity contribution in [3.63, 3.8) is 0 Å². The number of nitrogens with zero attached hydrogens (tertiary/aromatic N) is 1. The van der Waals surface area contributed by atoms with Crippen LogP contribution in [0.25, 0.3) is 0 Å². The van der Waals surface area contributed by atoms with E-state index >= 15 is 0 Å². The highest BCUT2D eigenvalue weighted by Crippen LogP contribution is 2.44. The first-order chi connectivity index (χ1) is 12.2. The maximum Gasteiger partial charge on any atom is 0.119 e. The minimum Gasteiger partial charge on any atom is -0.493 e. The summed E-state index contributed by atoms with van der Waals surface area (Å²) in [7, 11) is 1.74. The lowest BCUT2D eigenvalue weighted by Crippen LogP contribution is -2.46. The molecule has 1 aromatic rings. The first-order valence-corrected chi connectivity index (χ1v) is 9.85. The van der Waals surface area contributed by atoms with Crippen molar-refractivity contribution in [2.45, 2.75) is 38.7 Å². The van der Waals surface area contributed by atoms with Crippen molar-refractivity contribution in [2.75, 3.05) is 46.4 Å². The molecule has 25 heavy (non-hydrogen) atoms. The minimum absolute atomic E-state index is 0.370. The molecular formula is C21H32N2O2. The van der Waals surface area contributed by atoms with E-state index in [0.29, 0.717) is 17.4 Å². The van der Waals surface area contributed by atoms with Crippen LogP contribution in [0, 0.1) is 10.8 Å². The highest BCUT2D eigenvalue weighted by Gasteiger charge is 2.45. The van der Waals surface area contributed by atoms with Crippen molar-refractivity contribution in [1.82, 2.24) is 10.2 Å². The number of benzene rings is 1. The van der Waals surface area contributed by atoms with Crippen LogP contribution in [0.3, 0.4) is 0 Å². The van der Waals surface area contributed by atoms with Gasteiger partial charge in [-0.25, -0.2) is 0 Å². The molecule has 2 saturated heterocycles. The van der Waals surface area contributed by atoms with E-state index in [1.807, 2.05) is 0 Å². The minimum atomic E-state index is 0.370. The second-order valence-electron chi connectivity index (χ2n) is 8.61. The van der Waals surface area contributed by atoms with E-state index in [1.165, 1.54) is 70.4 Å². The van der Waals surface area contributed by atoms with Gasteiger partial charge in [-0.1, -0.05) is 18.6 Å². The van der Waals surface area contributed by atoms with Gasteiger partial charge in [0.15, 0.2) is 0 Å². The van der Waals surface area contributed by atoms with Gasteiger partial charge in [0.2, 0.25) is 0 Å². The molecule has 138 valence electrons. The van der Waals surface area contributed by atoms with Crippen LogP contribution in [0.15, 0.2) is 24.3 Å². The van der Waals surface area contributed by atoms with Gasteiger partial charge >= 0.3 is 0 Å². The van der Waals surface area contributed by atoms with Crippen LogP contribution in [0.5, 0.6) is 5.75 Å². The second kappa shape index (κ2) is 7.26. The number of hydrogen-bond acceptors (Lipinski definition) is 4. The van der Waals surface area contributed by atoms with E-state index in [2.05, 4.69) is 34.5 Å². The highest BCUT2D eigenvalue weighted by molar-refractivity contribution is 5.28. The zero-order chi connectivity index (χ0) is 17.2. The maximum atomic E-state index is 6.23. The van der Waals surface area contributed by atoms with Gasteiger partial charge in [-0.05, 0) is 61.9 Å². The summed E-state index contributed by atoms with van der Waals surface area (Å²) < 4.78 is 11.5. The van der Waals surface area contributed by atoms with Crippen LogP contribution < -0.4 is 10.1 Å². The molecule has 2 heterocycles.